The largest absolute Gasteiger partial charge is 0.406 e. The lowest BCUT2D eigenvalue weighted by Gasteiger charge is -2.41. The summed E-state index contributed by atoms with van der Waals surface area (Å²) in [5, 5.41) is 0. The van der Waals surface area contributed by atoms with Crippen LogP contribution >= 0.6 is 0 Å². The number of benzene rings is 1. The van der Waals surface area contributed by atoms with Crippen molar-refractivity contribution < 1.29 is 22.8 Å². The summed E-state index contributed by atoms with van der Waals surface area (Å²) in [6.45, 7) is 0.630. The Labute approximate surface area is 131 Å². The van der Waals surface area contributed by atoms with E-state index in [1.807, 2.05) is 0 Å². The zero-order chi connectivity index (χ0) is 16.8. The summed E-state index contributed by atoms with van der Waals surface area (Å²) in [4.78, 5) is 27.2. The predicted molar refractivity (Wildman–Crippen MR) is 77.7 cm³/mol. The third-order valence-electron chi connectivity index (χ3n) is 4.29. The molecule has 2 aliphatic heterocycles. The normalized spacial score (nSPS) is 23.8. The van der Waals surface area contributed by atoms with Crippen LogP contribution in [-0.2, 0) is 15.1 Å². The zero-order valence-corrected chi connectivity index (χ0v) is 12.4. The van der Waals surface area contributed by atoms with Gasteiger partial charge in [0.2, 0.25) is 5.91 Å². The Kier molecular flexibility index (Phi) is 3.46. The monoisotopic (exact) mass is 324 g/mol. The van der Waals surface area contributed by atoms with Gasteiger partial charge in [0.25, 0.3) is 5.91 Å². The highest BCUT2D eigenvalue weighted by Gasteiger charge is 2.57. The summed E-state index contributed by atoms with van der Waals surface area (Å²) in [6, 6.07) is 6.71. The molecule has 1 aromatic carbocycles. The topological polar surface area (TPSA) is 40.6 Å². The van der Waals surface area contributed by atoms with Crippen LogP contribution in [0.15, 0.2) is 36.4 Å². The number of carbonyl (C=O) groups excluding carboxylic acids is 2. The van der Waals surface area contributed by atoms with Crippen LogP contribution in [0.25, 0.3) is 0 Å². The number of alkyl halides is 3. The van der Waals surface area contributed by atoms with E-state index in [2.05, 4.69) is 0 Å². The summed E-state index contributed by atoms with van der Waals surface area (Å²) < 4.78 is 39.0. The first-order valence-electron chi connectivity index (χ1n) is 7.27. The Hall–Kier alpha value is -2.31. The molecule has 0 saturated carbocycles. The van der Waals surface area contributed by atoms with Crippen LogP contribution in [-0.4, -0.2) is 36.0 Å². The van der Waals surface area contributed by atoms with Gasteiger partial charge in [0.1, 0.15) is 6.54 Å². The highest BCUT2D eigenvalue weighted by molar-refractivity contribution is 6.11. The summed E-state index contributed by atoms with van der Waals surface area (Å²) in [5.41, 5.74) is -0.586. The minimum atomic E-state index is -4.58. The molecule has 4 nitrogen and oxygen atoms in total. The van der Waals surface area contributed by atoms with Crippen molar-refractivity contribution in [2.24, 2.45) is 0 Å². The summed E-state index contributed by atoms with van der Waals surface area (Å²) >= 11 is 0. The molecule has 0 aliphatic carbocycles. The van der Waals surface area contributed by atoms with Crippen LogP contribution < -0.4 is 4.90 Å². The first-order chi connectivity index (χ1) is 10.8. The molecule has 0 radical (unpaired) electrons. The Bertz CT molecular complexity index is 699. The molecule has 0 aromatic heterocycles. The number of halogens is 3. The number of anilines is 1. The number of rotatable bonds is 2. The van der Waals surface area contributed by atoms with Crippen LogP contribution in [0.2, 0.25) is 0 Å². The SMILES string of the molecule is CCN1C(=O)C2(CC=CC(=O)N2CC(F)(F)F)c2ccccc21. The molecule has 1 atom stereocenters. The molecule has 0 bridgehead atoms. The number of amides is 2. The van der Waals surface area contributed by atoms with Crippen molar-refractivity contribution in [3.8, 4) is 0 Å². The zero-order valence-electron chi connectivity index (χ0n) is 12.4. The van der Waals surface area contributed by atoms with Crippen LogP contribution in [0.1, 0.15) is 18.9 Å². The number of likely N-dealkylation sites (N-methyl/N-ethyl adjacent to an activating group) is 1. The molecule has 7 heteroatoms. The Balaban J connectivity index is 2.20. The lowest BCUT2D eigenvalue weighted by molar-refractivity contribution is -0.174. The second-order valence-corrected chi connectivity index (χ2v) is 5.57. The molecule has 3 rings (SSSR count). The van der Waals surface area contributed by atoms with E-state index in [0.717, 1.165) is 6.08 Å². The van der Waals surface area contributed by atoms with Crippen molar-refractivity contribution in [2.45, 2.75) is 25.1 Å². The number of carbonyl (C=O) groups is 2. The minimum absolute atomic E-state index is 0.0428. The van der Waals surface area contributed by atoms with Gasteiger partial charge in [-0.15, -0.1) is 0 Å². The fourth-order valence-corrected chi connectivity index (χ4v) is 3.39. The van der Waals surface area contributed by atoms with Crippen molar-refractivity contribution in [3.63, 3.8) is 0 Å². The molecule has 2 heterocycles. The number of fused-ring (bicyclic) bond motifs is 2. The van der Waals surface area contributed by atoms with Crippen LogP contribution in [0, 0.1) is 0 Å². The Morgan fingerprint density at radius 1 is 1.22 bits per heavy atom. The van der Waals surface area contributed by atoms with Crippen LogP contribution in [0.4, 0.5) is 18.9 Å². The summed E-state index contributed by atoms with van der Waals surface area (Å²) in [7, 11) is 0. The average molecular weight is 324 g/mol. The number of nitrogens with zero attached hydrogens (tertiary/aromatic N) is 2. The van der Waals surface area contributed by atoms with Gasteiger partial charge in [-0.2, -0.15) is 13.2 Å². The Morgan fingerprint density at radius 2 is 1.91 bits per heavy atom. The van der Waals surface area contributed by atoms with Crippen molar-refractivity contribution in [3.05, 3.63) is 42.0 Å². The standard InChI is InChI=1S/C16H15F3N2O2/c1-2-20-12-7-4-3-6-11(12)15(14(20)23)9-5-8-13(22)21(15)10-16(17,18)19/h3-8H,2,9-10H2,1H3. The molecule has 1 aromatic rings. The van der Waals surface area contributed by atoms with E-state index in [4.69, 9.17) is 0 Å². The maximum Gasteiger partial charge on any atom is 0.406 e. The molecular formula is C16H15F3N2O2. The molecule has 0 N–H and O–H groups in total. The van der Waals surface area contributed by atoms with Gasteiger partial charge in [0.05, 0.1) is 0 Å². The van der Waals surface area contributed by atoms with E-state index in [1.165, 1.54) is 11.0 Å². The van der Waals surface area contributed by atoms with Gasteiger partial charge in [0, 0.05) is 24.2 Å². The maximum absolute atomic E-state index is 13.0. The van der Waals surface area contributed by atoms with E-state index in [9.17, 15) is 22.8 Å². The van der Waals surface area contributed by atoms with Crippen molar-refractivity contribution in [1.29, 1.82) is 0 Å². The van der Waals surface area contributed by atoms with Crippen LogP contribution in [0.5, 0.6) is 0 Å². The predicted octanol–water partition coefficient (Wildman–Crippen LogP) is 2.60. The third kappa shape index (κ3) is 2.22. The molecular weight excluding hydrogens is 309 g/mol. The van der Waals surface area contributed by atoms with E-state index in [-0.39, 0.29) is 6.42 Å². The Morgan fingerprint density at radius 3 is 2.57 bits per heavy atom. The lowest BCUT2D eigenvalue weighted by atomic mass is 9.83. The second-order valence-electron chi connectivity index (χ2n) is 5.57. The van der Waals surface area contributed by atoms with Crippen molar-refractivity contribution in [1.82, 2.24) is 4.90 Å². The highest BCUT2D eigenvalue weighted by atomic mass is 19.4. The molecule has 2 amide bonds. The molecule has 1 unspecified atom stereocenters. The fraction of sp³-hybridized carbons (Fsp3) is 0.375. The first kappa shape index (κ1) is 15.6. The van der Waals surface area contributed by atoms with E-state index < -0.39 is 30.1 Å². The highest BCUT2D eigenvalue weighted by Crippen LogP contribution is 2.48. The number of hydrogen-bond acceptors (Lipinski definition) is 2. The smallest absolute Gasteiger partial charge is 0.311 e. The molecule has 0 fully saturated rings. The summed E-state index contributed by atoms with van der Waals surface area (Å²) in [5.74, 6) is -1.28. The van der Waals surface area contributed by atoms with Gasteiger partial charge in [-0.3, -0.25) is 9.59 Å². The van der Waals surface area contributed by atoms with E-state index in [1.54, 1.807) is 31.2 Å². The van der Waals surface area contributed by atoms with Gasteiger partial charge in [-0.05, 0) is 19.1 Å². The maximum atomic E-state index is 13.0. The van der Waals surface area contributed by atoms with Crippen LogP contribution in [0.3, 0.4) is 0 Å². The van der Waals surface area contributed by atoms with Gasteiger partial charge in [0.15, 0.2) is 5.54 Å². The third-order valence-corrected chi connectivity index (χ3v) is 4.29. The molecule has 23 heavy (non-hydrogen) atoms. The number of para-hydroxylation sites is 1. The average Bonchev–Trinajstić information content (AvgIpc) is 2.72. The lowest BCUT2D eigenvalue weighted by Crippen LogP contribution is -2.58. The van der Waals surface area contributed by atoms with Gasteiger partial charge >= 0.3 is 6.18 Å². The quantitative estimate of drug-likeness (QED) is 0.839. The minimum Gasteiger partial charge on any atom is -0.311 e. The van der Waals surface area contributed by atoms with Gasteiger partial charge in [-0.1, -0.05) is 24.3 Å². The van der Waals surface area contributed by atoms with Gasteiger partial charge < -0.3 is 9.80 Å². The van der Waals surface area contributed by atoms with Crippen molar-refractivity contribution >= 4 is 17.5 Å². The number of hydrogen-bond donors (Lipinski definition) is 0. The molecule has 1 spiro atoms. The molecule has 122 valence electrons. The summed E-state index contributed by atoms with van der Waals surface area (Å²) in [6.07, 6.45) is -1.96. The fourth-order valence-electron chi connectivity index (χ4n) is 3.39. The van der Waals surface area contributed by atoms with Crippen molar-refractivity contribution in [2.75, 3.05) is 18.0 Å². The van der Waals surface area contributed by atoms with E-state index >= 15 is 0 Å². The second kappa shape index (κ2) is 5.11. The molecule has 2 aliphatic rings. The molecule has 0 saturated heterocycles. The van der Waals surface area contributed by atoms with Gasteiger partial charge in [-0.25, -0.2) is 0 Å². The van der Waals surface area contributed by atoms with E-state index in [0.29, 0.717) is 22.7 Å². The first-order valence-corrected chi connectivity index (χ1v) is 7.27.